The van der Waals surface area contributed by atoms with Gasteiger partial charge in [-0.25, -0.2) is 9.36 Å². The summed E-state index contributed by atoms with van der Waals surface area (Å²) in [4.78, 5) is 15.8. The molecule has 124 valence electrons. The molecule has 0 amide bonds. The molecule has 1 fully saturated rings. The van der Waals surface area contributed by atoms with E-state index in [1.807, 2.05) is 0 Å². The van der Waals surface area contributed by atoms with Crippen LogP contribution >= 0.6 is 0 Å². The van der Waals surface area contributed by atoms with Crippen LogP contribution in [0.2, 0.25) is 0 Å². The van der Waals surface area contributed by atoms with Crippen molar-refractivity contribution in [1.82, 2.24) is 14.1 Å². The van der Waals surface area contributed by atoms with Gasteiger partial charge in [0.1, 0.15) is 24.1 Å². The Morgan fingerprint density at radius 3 is 2.30 bits per heavy atom. The van der Waals surface area contributed by atoms with Crippen molar-refractivity contribution < 1.29 is 30.3 Å². The average molecular weight is 325 g/mol. The van der Waals surface area contributed by atoms with E-state index in [9.17, 15) is 25.2 Å². The molecule has 1 saturated heterocycles. The SMILES string of the molecule is O=c1nc(-n2c(O)ccc2O)ccn1[C@@H]1O[C@H](CO)[C@@H](O)[C@@H]1O. The summed E-state index contributed by atoms with van der Waals surface area (Å²) in [5, 5.41) is 48.0. The molecule has 4 atom stereocenters. The molecule has 2 aromatic heterocycles. The number of rotatable bonds is 3. The average Bonchev–Trinajstić information content (AvgIpc) is 3.00. The van der Waals surface area contributed by atoms with Crippen LogP contribution in [0.15, 0.2) is 29.2 Å². The number of aromatic nitrogens is 3. The van der Waals surface area contributed by atoms with Crippen molar-refractivity contribution in [2.24, 2.45) is 0 Å². The normalized spacial score (nSPS) is 27.4. The molecule has 10 heteroatoms. The molecule has 0 unspecified atom stereocenters. The van der Waals surface area contributed by atoms with Crippen LogP contribution in [0.4, 0.5) is 0 Å². The van der Waals surface area contributed by atoms with E-state index in [2.05, 4.69) is 4.98 Å². The molecule has 0 radical (unpaired) electrons. The zero-order valence-electron chi connectivity index (χ0n) is 11.7. The molecular weight excluding hydrogens is 310 g/mol. The standard InChI is InChI=1S/C13H15N3O7/c17-5-6-10(20)11(21)12(23-6)15-4-3-7(14-13(15)22)16-8(18)1-2-9(16)19/h1-4,6,10-12,17-21H,5H2/t6-,10-,11+,12-/m1/s1. The third-order valence-electron chi connectivity index (χ3n) is 3.68. The van der Waals surface area contributed by atoms with Gasteiger partial charge in [0.25, 0.3) is 0 Å². The predicted octanol–water partition coefficient (Wildman–Crippen LogP) is -1.94. The number of aromatic hydroxyl groups is 2. The van der Waals surface area contributed by atoms with Crippen molar-refractivity contribution in [2.45, 2.75) is 24.5 Å². The fourth-order valence-corrected chi connectivity index (χ4v) is 2.48. The van der Waals surface area contributed by atoms with Gasteiger partial charge in [-0.3, -0.25) is 4.57 Å². The zero-order chi connectivity index (χ0) is 16.7. The highest BCUT2D eigenvalue weighted by Gasteiger charge is 2.43. The smallest absolute Gasteiger partial charge is 0.351 e. The molecule has 1 aliphatic rings. The molecule has 0 bridgehead atoms. The monoisotopic (exact) mass is 325 g/mol. The Hall–Kier alpha value is -2.40. The van der Waals surface area contributed by atoms with Crippen LogP contribution in [-0.2, 0) is 4.74 Å². The molecule has 3 rings (SSSR count). The number of aliphatic hydroxyl groups excluding tert-OH is 3. The lowest BCUT2D eigenvalue weighted by Crippen LogP contribution is -2.36. The van der Waals surface area contributed by atoms with E-state index in [1.54, 1.807) is 0 Å². The molecule has 23 heavy (non-hydrogen) atoms. The van der Waals surface area contributed by atoms with Crippen LogP contribution in [-0.4, -0.2) is 64.6 Å². The van der Waals surface area contributed by atoms with Crippen molar-refractivity contribution in [2.75, 3.05) is 6.61 Å². The van der Waals surface area contributed by atoms with Crippen molar-refractivity contribution >= 4 is 0 Å². The van der Waals surface area contributed by atoms with Gasteiger partial charge in [-0.05, 0) is 6.07 Å². The van der Waals surface area contributed by atoms with Gasteiger partial charge in [-0.1, -0.05) is 0 Å². The Kier molecular flexibility index (Phi) is 3.82. The summed E-state index contributed by atoms with van der Waals surface area (Å²) < 4.78 is 7.14. The second kappa shape index (κ2) is 5.66. The predicted molar refractivity (Wildman–Crippen MR) is 74.2 cm³/mol. The van der Waals surface area contributed by atoms with Gasteiger partial charge in [0.05, 0.1) is 6.61 Å². The van der Waals surface area contributed by atoms with Crippen LogP contribution in [0.3, 0.4) is 0 Å². The highest BCUT2D eigenvalue weighted by atomic mass is 16.6. The summed E-state index contributed by atoms with van der Waals surface area (Å²) in [7, 11) is 0. The summed E-state index contributed by atoms with van der Waals surface area (Å²) in [5.41, 5.74) is -0.829. The number of nitrogens with zero attached hydrogens (tertiary/aromatic N) is 3. The molecule has 0 saturated carbocycles. The largest absolute Gasteiger partial charge is 0.494 e. The summed E-state index contributed by atoms with van der Waals surface area (Å²) in [6.07, 6.45) is -3.73. The maximum absolute atomic E-state index is 12.1. The lowest BCUT2D eigenvalue weighted by Gasteiger charge is -2.17. The lowest BCUT2D eigenvalue weighted by molar-refractivity contribution is -0.0549. The highest BCUT2D eigenvalue weighted by molar-refractivity contribution is 5.36. The maximum Gasteiger partial charge on any atom is 0.351 e. The Balaban J connectivity index is 1.97. The fourth-order valence-electron chi connectivity index (χ4n) is 2.48. The van der Waals surface area contributed by atoms with E-state index in [4.69, 9.17) is 9.84 Å². The minimum absolute atomic E-state index is 0.0296. The molecule has 3 heterocycles. The van der Waals surface area contributed by atoms with E-state index in [0.29, 0.717) is 0 Å². The van der Waals surface area contributed by atoms with Crippen molar-refractivity contribution in [3.8, 4) is 17.6 Å². The summed E-state index contributed by atoms with van der Waals surface area (Å²) >= 11 is 0. The molecule has 5 N–H and O–H groups in total. The highest BCUT2D eigenvalue weighted by Crippen LogP contribution is 2.29. The first-order valence-corrected chi connectivity index (χ1v) is 6.75. The molecule has 10 nitrogen and oxygen atoms in total. The van der Waals surface area contributed by atoms with Crippen molar-refractivity contribution in [3.05, 3.63) is 34.9 Å². The molecule has 0 aliphatic carbocycles. The van der Waals surface area contributed by atoms with Gasteiger partial charge in [0.2, 0.25) is 0 Å². The summed E-state index contributed by atoms with van der Waals surface area (Å²) in [6.45, 7) is -0.514. The quantitative estimate of drug-likeness (QED) is 0.437. The minimum Gasteiger partial charge on any atom is -0.494 e. The summed E-state index contributed by atoms with van der Waals surface area (Å²) in [5.74, 6) is -0.641. The number of aliphatic hydroxyl groups is 3. The van der Waals surface area contributed by atoms with E-state index in [-0.39, 0.29) is 17.6 Å². The van der Waals surface area contributed by atoms with Crippen molar-refractivity contribution in [1.29, 1.82) is 0 Å². The second-order valence-electron chi connectivity index (χ2n) is 5.09. The van der Waals surface area contributed by atoms with E-state index >= 15 is 0 Å². The van der Waals surface area contributed by atoms with Crippen LogP contribution < -0.4 is 5.69 Å². The minimum atomic E-state index is -1.41. The molecule has 0 spiro atoms. The number of ether oxygens (including phenoxy) is 1. The summed E-state index contributed by atoms with van der Waals surface area (Å²) in [6, 6.07) is 3.78. The van der Waals surface area contributed by atoms with Gasteiger partial charge in [-0.15, -0.1) is 0 Å². The third-order valence-corrected chi connectivity index (χ3v) is 3.68. The van der Waals surface area contributed by atoms with Gasteiger partial charge in [0, 0.05) is 18.3 Å². The topological polar surface area (TPSA) is 150 Å². The first-order chi connectivity index (χ1) is 10.9. The van der Waals surface area contributed by atoms with E-state index < -0.39 is 36.8 Å². The second-order valence-corrected chi connectivity index (χ2v) is 5.09. The van der Waals surface area contributed by atoms with E-state index in [1.165, 1.54) is 24.4 Å². The van der Waals surface area contributed by atoms with Crippen molar-refractivity contribution in [3.63, 3.8) is 0 Å². The Morgan fingerprint density at radius 1 is 1.13 bits per heavy atom. The molecule has 2 aromatic rings. The molecule has 1 aliphatic heterocycles. The van der Waals surface area contributed by atoms with Gasteiger partial charge in [0.15, 0.2) is 18.0 Å². The zero-order valence-corrected chi connectivity index (χ0v) is 11.7. The van der Waals surface area contributed by atoms with Gasteiger partial charge in [-0.2, -0.15) is 4.98 Å². The lowest BCUT2D eigenvalue weighted by atomic mass is 10.1. The van der Waals surface area contributed by atoms with Crippen LogP contribution in [0.1, 0.15) is 6.23 Å². The Bertz CT molecular complexity index is 752. The Labute approximate surface area is 129 Å². The molecule has 0 aromatic carbocycles. The van der Waals surface area contributed by atoms with E-state index in [0.717, 1.165) is 9.13 Å². The number of hydrogen-bond donors (Lipinski definition) is 5. The third kappa shape index (κ3) is 2.47. The van der Waals surface area contributed by atoms with Crippen LogP contribution in [0.25, 0.3) is 5.82 Å². The first-order valence-electron chi connectivity index (χ1n) is 6.75. The number of hydrogen-bond acceptors (Lipinski definition) is 8. The maximum atomic E-state index is 12.1. The molecular formula is C13H15N3O7. The van der Waals surface area contributed by atoms with Crippen LogP contribution in [0, 0.1) is 0 Å². The first kappa shape index (κ1) is 15.5. The Morgan fingerprint density at radius 2 is 1.78 bits per heavy atom. The van der Waals surface area contributed by atoms with Crippen LogP contribution in [0.5, 0.6) is 11.8 Å². The fraction of sp³-hybridized carbons (Fsp3) is 0.385. The van der Waals surface area contributed by atoms with Gasteiger partial charge < -0.3 is 30.3 Å². The van der Waals surface area contributed by atoms with Gasteiger partial charge >= 0.3 is 5.69 Å².